The van der Waals surface area contributed by atoms with Gasteiger partial charge < -0.3 is 0 Å². The zero-order valence-electron chi connectivity index (χ0n) is 15.7. The molecule has 0 bridgehead atoms. The monoisotopic (exact) mass is 341 g/mol. The number of halogens is 1. The van der Waals surface area contributed by atoms with Crippen molar-refractivity contribution in [2.45, 2.75) is 54.1 Å². The third-order valence-corrected chi connectivity index (χ3v) is 11.9. The van der Waals surface area contributed by atoms with Gasteiger partial charge in [0.05, 0.1) is 0 Å². The number of hydrogen-bond donors (Lipinski definition) is 1. The molecule has 0 fully saturated rings. The predicted molar refractivity (Wildman–Crippen MR) is 103 cm³/mol. The molecule has 4 heteroatoms. The molecule has 1 aromatic rings. The molecule has 0 aromatic heterocycles. The summed E-state index contributed by atoms with van der Waals surface area (Å²) >= 11 is 0. The molecular formula is C19H33FNOP. The average molecular weight is 341 g/mol. The summed E-state index contributed by atoms with van der Waals surface area (Å²) in [5.74, 6) is 0.190. The number of carbonyl (C=O) groups excluding carboxylic acids is 1. The number of carbonyl (C=O) groups is 1. The van der Waals surface area contributed by atoms with Gasteiger partial charge in [-0.05, 0) is 0 Å². The van der Waals surface area contributed by atoms with Crippen molar-refractivity contribution in [3.8, 4) is 0 Å². The fourth-order valence-corrected chi connectivity index (χ4v) is 8.87. The Balaban J connectivity index is 3.19. The molecule has 0 saturated heterocycles. The van der Waals surface area contributed by atoms with Gasteiger partial charge in [0.15, 0.2) is 0 Å². The van der Waals surface area contributed by atoms with Crippen molar-refractivity contribution in [3.05, 3.63) is 29.1 Å². The molecule has 1 aromatic carbocycles. The Morgan fingerprint density at radius 3 is 1.87 bits per heavy atom. The molecule has 2 nitrogen and oxygen atoms in total. The van der Waals surface area contributed by atoms with E-state index >= 15 is 0 Å². The summed E-state index contributed by atoms with van der Waals surface area (Å²) in [6.07, 6.45) is 3.37. The predicted octanol–water partition coefficient (Wildman–Crippen LogP) is 5.22. The summed E-state index contributed by atoms with van der Waals surface area (Å²) in [4.78, 5) is 13.1. The van der Waals surface area contributed by atoms with E-state index < -0.39 is 7.26 Å². The van der Waals surface area contributed by atoms with Crippen LogP contribution in [0.2, 0.25) is 0 Å². The molecule has 0 spiro atoms. The van der Waals surface area contributed by atoms with Crippen molar-refractivity contribution < 1.29 is 9.18 Å². The van der Waals surface area contributed by atoms with Gasteiger partial charge in [-0.3, -0.25) is 0 Å². The number of benzene rings is 1. The molecule has 1 atom stereocenters. The molecular weight excluding hydrogens is 308 g/mol. The standard InChI is InChI=1S/C19H33FNOP/c1-8-23(9-2,10-3)18(13(4)5)19(22)21-17-14(6)11-16(20)12-15(17)7/h11-13,18,23H,8-10H2,1-7H3,(H,21,22). The molecule has 1 rings (SSSR count). The Labute approximate surface area is 141 Å². The van der Waals surface area contributed by atoms with Crippen LogP contribution in [0.15, 0.2) is 12.1 Å². The molecule has 1 amide bonds. The van der Waals surface area contributed by atoms with E-state index in [1.54, 1.807) is 0 Å². The van der Waals surface area contributed by atoms with Gasteiger partial charge in [-0.25, -0.2) is 0 Å². The Morgan fingerprint density at radius 1 is 1.09 bits per heavy atom. The van der Waals surface area contributed by atoms with Gasteiger partial charge in [-0.1, -0.05) is 0 Å². The second-order valence-corrected chi connectivity index (χ2v) is 12.5. The van der Waals surface area contributed by atoms with Crippen molar-refractivity contribution in [2.75, 3.05) is 23.8 Å². The molecule has 0 aliphatic heterocycles. The van der Waals surface area contributed by atoms with E-state index in [9.17, 15) is 9.18 Å². The second-order valence-electron chi connectivity index (χ2n) is 7.05. The summed E-state index contributed by atoms with van der Waals surface area (Å²) in [5, 5.41) is 3.12. The van der Waals surface area contributed by atoms with Gasteiger partial charge in [0.25, 0.3) is 0 Å². The van der Waals surface area contributed by atoms with Gasteiger partial charge in [-0.2, -0.15) is 0 Å². The van der Waals surface area contributed by atoms with Crippen molar-refractivity contribution >= 4 is 18.9 Å². The van der Waals surface area contributed by atoms with Crippen LogP contribution in [-0.4, -0.2) is 30.1 Å². The van der Waals surface area contributed by atoms with Crippen LogP contribution in [0.3, 0.4) is 0 Å². The first kappa shape index (κ1) is 20.1. The number of aryl methyl sites for hydroxylation is 2. The van der Waals surface area contributed by atoms with Crippen LogP contribution in [0.4, 0.5) is 10.1 Å². The van der Waals surface area contributed by atoms with Crippen LogP contribution in [-0.2, 0) is 4.79 Å². The summed E-state index contributed by atoms with van der Waals surface area (Å²) < 4.78 is 13.5. The zero-order chi connectivity index (χ0) is 17.8. The molecule has 0 aliphatic rings. The van der Waals surface area contributed by atoms with E-state index in [4.69, 9.17) is 0 Å². The van der Waals surface area contributed by atoms with Crippen LogP contribution < -0.4 is 5.32 Å². The second kappa shape index (κ2) is 8.24. The SMILES string of the molecule is CC[PH](CC)(CC)C(C(=O)Nc1c(C)cc(F)cc1C)C(C)C. The average Bonchev–Trinajstić information content (AvgIpc) is 2.47. The molecule has 1 N–H and O–H groups in total. The number of amides is 1. The van der Waals surface area contributed by atoms with Crippen molar-refractivity contribution in [2.24, 2.45) is 5.92 Å². The molecule has 0 saturated carbocycles. The van der Waals surface area contributed by atoms with E-state index in [1.165, 1.54) is 12.1 Å². The minimum atomic E-state index is -1.66. The van der Waals surface area contributed by atoms with Crippen LogP contribution in [0.25, 0.3) is 0 Å². The van der Waals surface area contributed by atoms with E-state index in [0.717, 1.165) is 35.3 Å². The number of nitrogens with one attached hydrogen (secondary N) is 1. The minimum absolute atomic E-state index is 0.0892. The molecule has 23 heavy (non-hydrogen) atoms. The Kier molecular flexibility index (Phi) is 7.20. The van der Waals surface area contributed by atoms with Crippen molar-refractivity contribution in [1.82, 2.24) is 0 Å². The van der Waals surface area contributed by atoms with Crippen LogP contribution >= 0.6 is 7.26 Å². The van der Waals surface area contributed by atoms with Crippen LogP contribution in [0.5, 0.6) is 0 Å². The van der Waals surface area contributed by atoms with Crippen LogP contribution in [0.1, 0.15) is 45.7 Å². The summed E-state index contributed by atoms with van der Waals surface area (Å²) in [6, 6.07) is 2.97. The van der Waals surface area contributed by atoms with E-state index in [2.05, 4.69) is 39.9 Å². The van der Waals surface area contributed by atoms with Gasteiger partial charge >= 0.3 is 141 Å². The fourth-order valence-electron chi connectivity index (χ4n) is 4.01. The topological polar surface area (TPSA) is 29.1 Å². The molecule has 0 aliphatic carbocycles. The number of rotatable bonds is 7. The molecule has 0 heterocycles. The van der Waals surface area contributed by atoms with Gasteiger partial charge in [0, 0.05) is 0 Å². The first-order valence-electron chi connectivity index (χ1n) is 8.80. The molecule has 1 unspecified atom stereocenters. The molecule has 132 valence electrons. The number of hydrogen-bond acceptors (Lipinski definition) is 1. The Morgan fingerprint density at radius 2 is 1.52 bits per heavy atom. The normalized spacial score (nSPS) is 14.0. The van der Waals surface area contributed by atoms with Crippen molar-refractivity contribution in [1.29, 1.82) is 0 Å². The van der Waals surface area contributed by atoms with Gasteiger partial charge in [0.2, 0.25) is 0 Å². The third kappa shape index (κ3) is 4.32. The maximum absolute atomic E-state index is 13.5. The molecule has 0 radical (unpaired) electrons. The maximum atomic E-state index is 13.5. The fraction of sp³-hybridized carbons (Fsp3) is 0.632. The third-order valence-electron chi connectivity index (χ3n) is 5.47. The quantitative estimate of drug-likeness (QED) is 0.677. The summed E-state index contributed by atoms with van der Waals surface area (Å²) in [7, 11) is -1.66. The van der Waals surface area contributed by atoms with E-state index in [0.29, 0.717) is 5.92 Å². The first-order valence-corrected chi connectivity index (χ1v) is 11.5. The van der Waals surface area contributed by atoms with Gasteiger partial charge in [0.1, 0.15) is 0 Å². The number of anilines is 1. The first-order chi connectivity index (χ1) is 10.7. The zero-order valence-corrected chi connectivity index (χ0v) is 16.7. The van der Waals surface area contributed by atoms with Crippen molar-refractivity contribution in [3.63, 3.8) is 0 Å². The Bertz CT molecular complexity index is 521. The summed E-state index contributed by atoms with van der Waals surface area (Å²) in [6.45, 7) is 14.7. The van der Waals surface area contributed by atoms with E-state index in [1.807, 2.05) is 13.8 Å². The van der Waals surface area contributed by atoms with Crippen LogP contribution in [0, 0.1) is 25.6 Å². The Hall–Kier alpha value is -0.950. The van der Waals surface area contributed by atoms with E-state index in [-0.39, 0.29) is 17.4 Å². The summed E-state index contributed by atoms with van der Waals surface area (Å²) in [5.41, 5.74) is 2.44. The van der Waals surface area contributed by atoms with Gasteiger partial charge in [-0.15, -0.1) is 0 Å².